The lowest BCUT2D eigenvalue weighted by molar-refractivity contribution is -0.112. The van der Waals surface area contributed by atoms with Crippen molar-refractivity contribution in [1.29, 1.82) is 0 Å². The Kier molecular flexibility index (Phi) is 6.81. The second-order valence-corrected chi connectivity index (χ2v) is 8.55. The number of nitrogens with one attached hydrogen (secondary N) is 2. The van der Waals surface area contributed by atoms with Crippen LogP contribution < -0.4 is 16.4 Å². The van der Waals surface area contributed by atoms with Crippen LogP contribution in [0.25, 0.3) is 11.1 Å². The Balaban J connectivity index is 1.61. The van der Waals surface area contributed by atoms with Gasteiger partial charge in [0.2, 0.25) is 5.12 Å². The van der Waals surface area contributed by atoms with Crippen molar-refractivity contribution in [3.63, 3.8) is 0 Å². The van der Waals surface area contributed by atoms with E-state index in [1.807, 2.05) is 6.07 Å². The molecule has 7 nitrogen and oxygen atoms in total. The van der Waals surface area contributed by atoms with Crippen LogP contribution in [-0.2, 0) is 11.3 Å². The van der Waals surface area contributed by atoms with E-state index < -0.39 is 17.8 Å². The van der Waals surface area contributed by atoms with Gasteiger partial charge in [-0.1, -0.05) is 30.0 Å². The number of hydrogen-bond donors (Lipinski definition) is 3. The molecule has 0 radical (unpaired) electrons. The van der Waals surface area contributed by atoms with Crippen molar-refractivity contribution in [3.05, 3.63) is 83.4 Å². The van der Waals surface area contributed by atoms with Gasteiger partial charge in [-0.15, -0.1) is 0 Å². The average Bonchev–Trinajstić information content (AvgIpc) is 3.24. The number of pyridine rings is 1. The van der Waals surface area contributed by atoms with Gasteiger partial charge in [0.15, 0.2) is 5.82 Å². The summed E-state index contributed by atoms with van der Waals surface area (Å²) in [6, 6.07) is 12.8. The highest BCUT2D eigenvalue weighted by atomic mass is 32.2. The summed E-state index contributed by atoms with van der Waals surface area (Å²) < 4.78 is 13.9. The Morgan fingerprint density at radius 1 is 1.12 bits per heavy atom. The largest absolute Gasteiger partial charge is 0.341 e. The van der Waals surface area contributed by atoms with Crippen LogP contribution in [0.3, 0.4) is 0 Å². The molecule has 1 atom stereocenters. The molecule has 4 N–H and O–H groups in total. The number of amides is 2. The Morgan fingerprint density at radius 2 is 1.94 bits per heavy atom. The first kappa shape index (κ1) is 22.6. The van der Waals surface area contributed by atoms with Crippen LogP contribution >= 0.6 is 11.8 Å². The highest BCUT2D eigenvalue weighted by Gasteiger charge is 2.27. The Hall–Kier alpha value is -3.56. The molecule has 1 aromatic heterocycles. The lowest BCUT2D eigenvalue weighted by Gasteiger charge is -2.14. The molecule has 1 fully saturated rings. The molecule has 0 bridgehead atoms. The molecular weight excluding hydrogens is 443 g/mol. The fourth-order valence-corrected chi connectivity index (χ4v) is 4.46. The molecule has 0 saturated carbocycles. The number of nitrogens with two attached hydrogens (primary N) is 1. The monoisotopic (exact) mass is 464 g/mol. The Morgan fingerprint density at radius 3 is 2.67 bits per heavy atom. The predicted molar refractivity (Wildman–Crippen MR) is 125 cm³/mol. The normalized spacial score (nSPS) is 15.3. The first-order valence-electron chi connectivity index (χ1n) is 10.3. The van der Waals surface area contributed by atoms with Gasteiger partial charge in [-0.25, -0.2) is 4.39 Å². The Labute approximate surface area is 194 Å². The van der Waals surface area contributed by atoms with E-state index in [2.05, 4.69) is 15.6 Å². The number of thioether (sulfide) groups is 1. The zero-order chi connectivity index (χ0) is 23.4. The first-order valence-corrected chi connectivity index (χ1v) is 11.3. The minimum atomic E-state index is -0.637. The second kappa shape index (κ2) is 9.93. The molecule has 4 rings (SSSR count). The molecule has 9 heteroatoms. The van der Waals surface area contributed by atoms with Gasteiger partial charge in [-0.3, -0.25) is 19.4 Å². The zero-order valence-corrected chi connectivity index (χ0v) is 18.3. The SMILES string of the molecule is NCc1ccc(C(=O)Nc2ccncc2F)cc1-c1cccc(C(=O)NC2CCSC2=O)c1. The van der Waals surface area contributed by atoms with E-state index in [1.165, 1.54) is 24.0 Å². The summed E-state index contributed by atoms with van der Waals surface area (Å²) in [5.41, 5.74) is 8.79. The second-order valence-electron chi connectivity index (χ2n) is 7.45. The van der Waals surface area contributed by atoms with Gasteiger partial charge >= 0.3 is 0 Å². The maximum atomic E-state index is 13.9. The van der Waals surface area contributed by atoms with Crippen molar-refractivity contribution in [2.24, 2.45) is 5.73 Å². The van der Waals surface area contributed by atoms with Gasteiger partial charge in [0.1, 0.15) is 0 Å². The number of rotatable bonds is 6. The summed E-state index contributed by atoms with van der Waals surface area (Å²) in [5, 5.41) is 5.28. The fourth-order valence-electron chi connectivity index (χ4n) is 3.53. The lowest BCUT2D eigenvalue weighted by Crippen LogP contribution is -2.37. The minimum absolute atomic E-state index is 0.0257. The molecule has 0 aliphatic carbocycles. The fraction of sp³-hybridized carbons (Fsp3) is 0.167. The molecule has 1 aliphatic rings. The molecule has 168 valence electrons. The van der Waals surface area contributed by atoms with E-state index in [9.17, 15) is 18.8 Å². The van der Waals surface area contributed by atoms with Crippen LogP contribution in [0.1, 0.15) is 32.7 Å². The van der Waals surface area contributed by atoms with E-state index in [0.29, 0.717) is 34.4 Å². The highest BCUT2D eigenvalue weighted by Crippen LogP contribution is 2.27. The van der Waals surface area contributed by atoms with E-state index in [0.717, 1.165) is 11.8 Å². The van der Waals surface area contributed by atoms with Crippen LogP contribution in [0.15, 0.2) is 60.9 Å². The molecule has 1 unspecified atom stereocenters. The van der Waals surface area contributed by atoms with Crippen molar-refractivity contribution < 1.29 is 18.8 Å². The smallest absolute Gasteiger partial charge is 0.255 e. The van der Waals surface area contributed by atoms with Gasteiger partial charge in [0, 0.05) is 29.6 Å². The number of halogens is 1. The number of nitrogens with zero attached hydrogens (tertiary/aromatic N) is 1. The quantitative estimate of drug-likeness (QED) is 0.515. The van der Waals surface area contributed by atoms with Gasteiger partial charge in [0.25, 0.3) is 11.8 Å². The van der Waals surface area contributed by atoms with E-state index >= 15 is 0 Å². The van der Waals surface area contributed by atoms with Crippen LogP contribution in [0, 0.1) is 5.82 Å². The molecule has 2 amide bonds. The third-order valence-electron chi connectivity index (χ3n) is 5.29. The Bertz CT molecular complexity index is 1230. The number of anilines is 1. The van der Waals surface area contributed by atoms with Crippen LogP contribution in [0.5, 0.6) is 0 Å². The van der Waals surface area contributed by atoms with Crippen molar-refractivity contribution in [3.8, 4) is 11.1 Å². The van der Waals surface area contributed by atoms with Gasteiger partial charge in [-0.05, 0) is 53.4 Å². The number of carbonyl (C=O) groups is 3. The highest BCUT2D eigenvalue weighted by molar-refractivity contribution is 8.14. The maximum absolute atomic E-state index is 13.9. The molecule has 2 aromatic carbocycles. The number of hydrogen-bond acceptors (Lipinski definition) is 6. The van der Waals surface area contributed by atoms with Crippen molar-refractivity contribution in [1.82, 2.24) is 10.3 Å². The van der Waals surface area contributed by atoms with Gasteiger partial charge in [0.05, 0.1) is 17.9 Å². The molecule has 0 spiro atoms. The summed E-state index contributed by atoms with van der Waals surface area (Å²) in [7, 11) is 0. The third kappa shape index (κ3) is 5.10. The van der Waals surface area contributed by atoms with E-state index in [-0.39, 0.29) is 23.3 Å². The van der Waals surface area contributed by atoms with Crippen molar-refractivity contribution >= 4 is 34.4 Å². The third-order valence-corrected chi connectivity index (χ3v) is 6.30. The summed E-state index contributed by atoms with van der Waals surface area (Å²) in [4.78, 5) is 40.9. The van der Waals surface area contributed by atoms with Crippen LogP contribution in [0.2, 0.25) is 0 Å². The van der Waals surface area contributed by atoms with Crippen LogP contribution in [0.4, 0.5) is 10.1 Å². The molecule has 1 aliphatic heterocycles. The topological polar surface area (TPSA) is 114 Å². The zero-order valence-electron chi connectivity index (χ0n) is 17.5. The standard InChI is InChI=1S/C24H21FN4O3S/c25-19-13-27-8-6-20(19)28-23(31)16-4-5-17(12-26)18(11-16)14-2-1-3-15(10-14)22(30)29-21-7-9-33-24(21)32/h1-6,8,10-11,13,21H,7,9,12,26H2,(H,29,30)(H,27,28,31). The number of carbonyl (C=O) groups excluding carboxylic acids is 3. The molecule has 1 saturated heterocycles. The van der Waals surface area contributed by atoms with Gasteiger partial charge in [-0.2, -0.15) is 0 Å². The first-order chi connectivity index (χ1) is 16.0. The van der Waals surface area contributed by atoms with Crippen molar-refractivity contribution in [2.75, 3.05) is 11.1 Å². The van der Waals surface area contributed by atoms with Crippen LogP contribution in [-0.4, -0.2) is 33.7 Å². The molecule has 3 aromatic rings. The number of benzene rings is 2. The van der Waals surface area contributed by atoms with Gasteiger partial charge < -0.3 is 16.4 Å². The molecular formula is C24H21FN4O3S. The lowest BCUT2D eigenvalue weighted by atomic mass is 9.95. The van der Waals surface area contributed by atoms with Crippen molar-refractivity contribution in [2.45, 2.75) is 19.0 Å². The molecule has 2 heterocycles. The summed E-state index contributed by atoms with van der Waals surface area (Å²) >= 11 is 1.22. The number of aromatic nitrogens is 1. The summed E-state index contributed by atoms with van der Waals surface area (Å²) in [6.45, 7) is 0.223. The average molecular weight is 465 g/mol. The summed E-state index contributed by atoms with van der Waals surface area (Å²) in [5.74, 6) is -0.769. The predicted octanol–water partition coefficient (Wildman–Crippen LogP) is 3.36. The maximum Gasteiger partial charge on any atom is 0.255 e. The van der Waals surface area contributed by atoms with E-state index in [4.69, 9.17) is 5.73 Å². The molecule has 33 heavy (non-hydrogen) atoms. The minimum Gasteiger partial charge on any atom is -0.341 e. The van der Waals surface area contributed by atoms with E-state index in [1.54, 1.807) is 36.4 Å². The summed E-state index contributed by atoms with van der Waals surface area (Å²) in [6.07, 6.45) is 3.02.